The zero-order valence-electron chi connectivity index (χ0n) is 7.70. The molecule has 0 radical (unpaired) electrons. The number of hydrogen-bond acceptors (Lipinski definition) is 2. The molecule has 0 saturated heterocycles. The van der Waals surface area contributed by atoms with Gasteiger partial charge in [0.25, 0.3) is 0 Å². The van der Waals surface area contributed by atoms with Crippen molar-refractivity contribution in [2.75, 3.05) is 7.05 Å². The zero-order chi connectivity index (χ0) is 10.4. The van der Waals surface area contributed by atoms with E-state index in [0.717, 1.165) is 0 Å². The Balaban J connectivity index is 3.96. The van der Waals surface area contributed by atoms with Gasteiger partial charge in [0.1, 0.15) is 0 Å². The number of nitrogens with two attached hydrogens (primary N) is 1. The molecular weight excluding hydrogens is 204 g/mol. The van der Waals surface area contributed by atoms with Gasteiger partial charge >= 0.3 is 0 Å². The van der Waals surface area contributed by atoms with Gasteiger partial charge in [-0.05, 0) is 31.4 Å². The molecule has 1 unspecified atom stereocenters. The van der Waals surface area contributed by atoms with Crippen LogP contribution in [-0.4, -0.2) is 28.2 Å². The summed E-state index contributed by atoms with van der Waals surface area (Å²) in [5.41, 5.74) is 10.4. The molecular formula is C7H14N4S2. The maximum Gasteiger partial charge on any atom is 0.188 e. The first-order chi connectivity index (χ1) is 5.99. The van der Waals surface area contributed by atoms with Crippen LogP contribution in [0, 0.1) is 0 Å². The highest BCUT2D eigenvalue weighted by atomic mass is 32.1. The van der Waals surface area contributed by atoms with Gasteiger partial charge in [-0.25, -0.2) is 0 Å². The average molecular weight is 218 g/mol. The second kappa shape index (κ2) is 5.71. The van der Waals surface area contributed by atoms with Crippen molar-refractivity contribution < 1.29 is 0 Å². The van der Waals surface area contributed by atoms with Gasteiger partial charge in [-0.15, -0.1) is 6.58 Å². The van der Waals surface area contributed by atoms with Crippen molar-refractivity contribution in [3.63, 3.8) is 0 Å². The lowest BCUT2D eigenvalue weighted by Crippen LogP contribution is -2.50. The molecule has 0 bridgehead atoms. The van der Waals surface area contributed by atoms with Crippen molar-refractivity contribution >= 4 is 34.7 Å². The molecule has 4 N–H and O–H groups in total. The van der Waals surface area contributed by atoms with E-state index in [1.54, 1.807) is 6.08 Å². The number of rotatable bonds is 2. The molecule has 0 spiro atoms. The molecule has 0 saturated carbocycles. The summed E-state index contributed by atoms with van der Waals surface area (Å²) in [7, 11) is 1.85. The third-order valence-electron chi connectivity index (χ3n) is 1.56. The van der Waals surface area contributed by atoms with Gasteiger partial charge in [0.05, 0.1) is 0 Å². The average Bonchev–Trinajstić information content (AvgIpc) is 2.11. The Hall–Kier alpha value is -0.880. The number of thiocarbonyl (C=S) groups is 2. The fraction of sp³-hybridized carbons (Fsp3) is 0.429. The summed E-state index contributed by atoms with van der Waals surface area (Å²) in [5, 5.41) is 0.669. The van der Waals surface area contributed by atoms with Gasteiger partial charge < -0.3 is 10.6 Å². The number of hydrogen-bond donors (Lipinski definition) is 3. The van der Waals surface area contributed by atoms with Gasteiger partial charge in [0.15, 0.2) is 10.2 Å². The summed E-state index contributed by atoms with van der Waals surface area (Å²) in [5.74, 6) is 0. The zero-order valence-corrected chi connectivity index (χ0v) is 9.34. The van der Waals surface area contributed by atoms with Crippen LogP contribution in [0.3, 0.4) is 0 Å². The topological polar surface area (TPSA) is 53.3 Å². The highest BCUT2D eigenvalue weighted by molar-refractivity contribution is 7.80. The van der Waals surface area contributed by atoms with E-state index in [-0.39, 0.29) is 11.2 Å². The standard InChI is InChI=1S/C7H14N4S2/c1-4-5(2)11(3)7(13)10-9-6(8)12/h4-5H,1H2,2-3H3,(H,10,13)(H3,8,9,12). The Morgan fingerprint density at radius 3 is 2.46 bits per heavy atom. The van der Waals surface area contributed by atoms with Gasteiger partial charge in [-0.3, -0.25) is 10.9 Å². The first-order valence-corrected chi connectivity index (χ1v) is 4.51. The molecule has 4 nitrogen and oxygen atoms in total. The lowest BCUT2D eigenvalue weighted by molar-refractivity contribution is 0.442. The van der Waals surface area contributed by atoms with Crippen LogP contribution in [-0.2, 0) is 0 Å². The third-order valence-corrected chi connectivity index (χ3v) is 2.06. The molecule has 0 aliphatic carbocycles. The van der Waals surface area contributed by atoms with E-state index in [2.05, 4.69) is 29.6 Å². The predicted octanol–water partition coefficient (Wildman–Crippen LogP) is 0.115. The van der Waals surface area contributed by atoms with Crippen molar-refractivity contribution in [2.24, 2.45) is 5.73 Å². The maximum absolute atomic E-state index is 5.21. The molecule has 0 fully saturated rings. The lowest BCUT2D eigenvalue weighted by Gasteiger charge is -2.25. The summed E-state index contributed by atoms with van der Waals surface area (Å²) >= 11 is 9.63. The van der Waals surface area contributed by atoms with E-state index in [1.807, 2.05) is 18.9 Å². The van der Waals surface area contributed by atoms with Gasteiger partial charge in [0.2, 0.25) is 0 Å². The number of nitrogens with one attached hydrogen (secondary N) is 2. The largest absolute Gasteiger partial charge is 0.375 e. The van der Waals surface area contributed by atoms with Crippen LogP contribution in [0.5, 0.6) is 0 Å². The predicted molar refractivity (Wildman–Crippen MR) is 63.1 cm³/mol. The van der Waals surface area contributed by atoms with Crippen LogP contribution in [0.15, 0.2) is 12.7 Å². The smallest absolute Gasteiger partial charge is 0.188 e. The van der Waals surface area contributed by atoms with Crippen LogP contribution in [0.25, 0.3) is 0 Å². The molecule has 0 aromatic rings. The third kappa shape index (κ3) is 4.64. The van der Waals surface area contributed by atoms with Crippen LogP contribution in [0.4, 0.5) is 0 Å². The summed E-state index contributed by atoms with van der Waals surface area (Å²) in [6.45, 7) is 5.63. The van der Waals surface area contributed by atoms with E-state index >= 15 is 0 Å². The Labute approximate surface area is 89.1 Å². The van der Waals surface area contributed by atoms with Crippen LogP contribution < -0.4 is 16.6 Å². The van der Waals surface area contributed by atoms with E-state index in [0.29, 0.717) is 5.11 Å². The molecule has 0 aromatic heterocycles. The van der Waals surface area contributed by atoms with Gasteiger partial charge in [-0.2, -0.15) is 0 Å². The quantitative estimate of drug-likeness (QED) is 0.348. The summed E-state index contributed by atoms with van der Waals surface area (Å²) < 4.78 is 0. The molecule has 0 amide bonds. The molecule has 0 heterocycles. The number of hydrazine groups is 1. The normalized spacial score (nSPS) is 11.2. The first-order valence-electron chi connectivity index (χ1n) is 3.69. The molecule has 0 aromatic carbocycles. The van der Waals surface area contributed by atoms with Crippen molar-refractivity contribution in [1.29, 1.82) is 0 Å². The van der Waals surface area contributed by atoms with E-state index < -0.39 is 0 Å². The molecule has 0 aliphatic heterocycles. The van der Waals surface area contributed by atoms with Crippen LogP contribution in [0.1, 0.15) is 6.92 Å². The van der Waals surface area contributed by atoms with Crippen molar-refractivity contribution in [3.05, 3.63) is 12.7 Å². The second-order valence-corrected chi connectivity index (χ2v) is 3.33. The summed E-state index contributed by atoms with van der Waals surface area (Å²) in [6.07, 6.45) is 1.79. The highest BCUT2D eigenvalue weighted by Gasteiger charge is 2.07. The maximum atomic E-state index is 5.21. The Bertz CT molecular complexity index is 217. The molecule has 13 heavy (non-hydrogen) atoms. The summed E-state index contributed by atoms with van der Waals surface area (Å²) in [4.78, 5) is 1.83. The first kappa shape index (κ1) is 12.1. The Morgan fingerprint density at radius 1 is 1.54 bits per heavy atom. The van der Waals surface area contributed by atoms with Gasteiger partial charge in [0, 0.05) is 13.1 Å². The lowest BCUT2D eigenvalue weighted by atomic mass is 10.3. The fourth-order valence-corrected chi connectivity index (χ4v) is 0.815. The Morgan fingerprint density at radius 2 is 2.08 bits per heavy atom. The molecule has 6 heteroatoms. The summed E-state index contributed by atoms with van der Waals surface area (Å²) in [6, 6.07) is 0.160. The van der Waals surface area contributed by atoms with Crippen molar-refractivity contribution in [2.45, 2.75) is 13.0 Å². The monoisotopic (exact) mass is 218 g/mol. The number of likely N-dealkylation sites (N-methyl/N-ethyl adjacent to an activating group) is 1. The van der Waals surface area contributed by atoms with E-state index in [1.165, 1.54) is 0 Å². The van der Waals surface area contributed by atoms with Crippen molar-refractivity contribution in [1.82, 2.24) is 15.8 Å². The van der Waals surface area contributed by atoms with Crippen LogP contribution >= 0.6 is 24.4 Å². The molecule has 0 rings (SSSR count). The molecule has 74 valence electrons. The fourth-order valence-electron chi connectivity index (χ4n) is 0.546. The van der Waals surface area contributed by atoms with Crippen LogP contribution in [0.2, 0.25) is 0 Å². The minimum atomic E-state index is 0.155. The second-order valence-electron chi connectivity index (χ2n) is 2.51. The van der Waals surface area contributed by atoms with Gasteiger partial charge in [-0.1, -0.05) is 6.08 Å². The molecule has 0 aliphatic rings. The van der Waals surface area contributed by atoms with E-state index in [9.17, 15) is 0 Å². The minimum absolute atomic E-state index is 0.155. The highest BCUT2D eigenvalue weighted by Crippen LogP contribution is 1.95. The SMILES string of the molecule is C=CC(C)N(C)C(=S)NNC(N)=S. The molecule has 1 atom stereocenters. The number of nitrogens with zero attached hydrogens (tertiary/aromatic N) is 1. The van der Waals surface area contributed by atoms with E-state index in [4.69, 9.17) is 18.0 Å². The minimum Gasteiger partial charge on any atom is -0.375 e. The Kier molecular flexibility index (Phi) is 5.33. The van der Waals surface area contributed by atoms with Crippen molar-refractivity contribution in [3.8, 4) is 0 Å².